The SMILES string of the molecule is Cc1nc(C)c(C(C)NS(=O)(=O)c2c(C)csc2CN)s1. The number of nitrogens with zero attached hydrogens (tertiary/aromatic N) is 1. The Balaban J connectivity index is 2.33. The number of thiazole rings is 1. The third-order valence-electron chi connectivity index (χ3n) is 3.11. The predicted molar refractivity (Wildman–Crippen MR) is 87.3 cm³/mol. The first-order valence-corrected chi connectivity index (χ1v) is 9.67. The lowest BCUT2D eigenvalue weighted by molar-refractivity contribution is 0.567. The molecule has 0 aromatic carbocycles. The topological polar surface area (TPSA) is 85.1 Å². The summed E-state index contributed by atoms with van der Waals surface area (Å²) in [6, 6.07) is -0.314. The molecule has 2 rings (SSSR count). The zero-order valence-electron chi connectivity index (χ0n) is 12.4. The van der Waals surface area contributed by atoms with E-state index in [0.717, 1.165) is 21.1 Å². The van der Waals surface area contributed by atoms with Crippen molar-refractivity contribution in [2.24, 2.45) is 5.73 Å². The van der Waals surface area contributed by atoms with Gasteiger partial charge >= 0.3 is 0 Å². The molecule has 2 heterocycles. The first kappa shape index (κ1) is 16.6. The van der Waals surface area contributed by atoms with Crippen molar-refractivity contribution in [2.45, 2.75) is 45.2 Å². The van der Waals surface area contributed by atoms with E-state index in [-0.39, 0.29) is 12.6 Å². The average molecular weight is 346 g/mol. The number of sulfonamides is 1. The Morgan fingerprint density at radius 3 is 2.57 bits per heavy atom. The smallest absolute Gasteiger partial charge is 0.242 e. The highest BCUT2D eigenvalue weighted by Crippen LogP contribution is 2.30. The van der Waals surface area contributed by atoms with E-state index in [1.54, 1.807) is 6.92 Å². The zero-order valence-corrected chi connectivity index (χ0v) is 14.9. The average Bonchev–Trinajstić information content (AvgIpc) is 2.91. The molecule has 116 valence electrons. The summed E-state index contributed by atoms with van der Waals surface area (Å²) in [5.41, 5.74) is 7.24. The highest BCUT2D eigenvalue weighted by atomic mass is 32.2. The fourth-order valence-corrected chi connectivity index (χ4v) is 6.20. The molecule has 0 fully saturated rings. The van der Waals surface area contributed by atoms with Crippen molar-refractivity contribution < 1.29 is 8.42 Å². The lowest BCUT2D eigenvalue weighted by Gasteiger charge is -2.14. The molecule has 3 N–H and O–H groups in total. The Bertz CT molecular complexity index is 747. The van der Waals surface area contributed by atoms with E-state index >= 15 is 0 Å². The van der Waals surface area contributed by atoms with Gasteiger partial charge in [-0.15, -0.1) is 22.7 Å². The molecular weight excluding hydrogens is 326 g/mol. The van der Waals surface area contributed by atoms with Gasteiger partial charge in [-0.05, 0) is 38.6 Å². The first-order chi connectivity index (χ1) is 9.76. The van der Waals surface area contributed by atoms with Crippen LogP contribution in [0.3, 0.4) is 0 Å². The van der Waals surface area contributed by atoms with Crippen LogP contribution < -0.4 is 10.5 Å². The standard InChI is InChI=1S/C13H19N3O2S3/c1-7-6-19-11(5-14)13(7)21(17,18)16-9(3)12-8(2)15-10(4)20-12/h6,9,16H,5,14H2,1-4H3. The molecule has 21 heavy (non-hydrogen) atoms. The molecule has 2 aromatic heterocycles. The summed E-state index contributed by atoms with van der Waals surface area (Å²) < 4.78 is 28.0. The number of thiophene rings is 1. The second-order valence-corrected chi connectivity index (χ2v) is 8.75. The van der Waals surface area contributed by atoms with Crippen molar-refractivity contribution in [3.05, 3.63) is 31.4 Å². The van der Waals surface area contributed by atoms with Crippen LogP contribution >= 0.6 is 22.7 Å². The molecule has 0 radical (unpaired) electrons. The molecule has 0 saturated carbocycles. The number of nitrogens with two attached hydrogens (primary N) is 1. The molecule has 8 heteroatoms. The van der Waals surface area contributed by atoms with Gasteiger partial charge in [-0.2, -0.15) is 0 Å². The monoisotopic (exact) mass is 345 g/mol. The van der Waals surface area contributed by atoms with Gasteiger partial charge < -0.3 is 5.73 Å². The molecule has 0 aliphatic rings. The minimum atomic E-state index is -3.59. The lowest BCUT2D eigenvalue weighted by atomic mass is 10.2. The molecule has 2 aromatic rings. The molecule has 0 spiro atoms. The number of rotatable bonds is 5. The highest BCUT2D eigenvalue weighted by Gasteiger charge is 2.26. The van der Waals surface area contributed by atoms with E-state index in [0.29, 0.717) is 9.77 Å². The Hall–Kier alpha value is -0.800. The fraction of sp³-hybridized carbons (Fsp3) is 0.462. The molecular formula is C13H19N3O2S3. The van der Waals surface area contributed by atoms with Crippen molar-refractivity contribution in [2.75, 3.05) is 0 Å². The van der Waals surface area contributed by atoms with Crippen molar-refractivity contribution in [1.82, 2.24) is 9.71 Å². The minimum Gasteiger partial charge on any atom is -0.326 e. The van der Waals surface area contributed by atoms with E-state index in [1.807, 2.05) is 26.2 Å². The molecule has 5 nitrogen and oxygen atoms in total. The van der Waals surface area contributed by atoms with Crippen molar-refractivity contribution in [3.63, 3.8) is 0 Å². The van der Waals surface area contributed by atoms with Crippen LogP contribution in [0.15, 0.2) is 10.3 Å². The van der Waals surface area contributed by atoms with Crippen LogP contribution in [0.4, 0.5) is 0 Å². The molecule has 0 aliphatic carbocycles. The van der Waals surface area contributed by atoms with E-state index in [4.69, 9.17) is 5.73 Å². The number of aromatic nitrogens is 1. The van der Waals surface area contributed by atoms with E-state index < -0.39 is 10.0 Å². The predicted octanol–water partition coefficient (Wildman–Crippen LogP) is 2.63. The van der Waals surface area contributed by atoms with E-state index in [1.165, 1.54) is 22.7 Å². The molecule has 0 amide bonds. The van der Waals surface area contributed by atoms with Crippen LogP contribution in [-0.2, 0) is 16.6 Å². The van der Waals surface area contributed by atoms with Crippen LogP contribution in [0.2, 0.25) is 0 Å². The van der Waals surface area contributed by atoms with Crippen LogP contribution in [0.1, 0.15) is 39.0 Å². The molecule has 1 unspecified atom stereocenters. The van der Waals surface area contributed by atoms with Gasteiger partial charge in [0.05, 0.1) is 16.7 Å². The number of aryl methyl sites for hydroxylation is 3. The summed E-state index contributed by atoms with van der Waals surface area (Å²) in [6.07, 6.45) is 0. The Kier molecular flexibility index (Phi) is 4.84. The largest absolute Gasteiger partial charge is 0.326 e. The lowest BCUT2D eigenvalue weighted by Crippen LogP contribution is -2.28. The van der Waals surface area contributed by atoms with Gasteiger partial charge in [0.15, 0.2) is 0 Å². The fourth-order valence-electron chi connectivity index (χ4n) is 2.28. The summed E-state index contributed by atoms with van der Waals surface area (Å²) in [6.45, 7) is 7.66. The zero-order chi connectivity index (χ0) is 15.8. The summed E-state index contributed by atoms with van der Waals surface area (Å²) >= 11 is 2.89. The second kappa shape index (κ2) is 6.13. The minimum absolute atomic E-state index is 0.224. The van der Waals surface area contributed by atoms with Crippen LogP contribution in [0.25, 0.3) is 0 Å². The van der Waals surface area contributed by atoms with E-state index in [2.05, 4.69) is 9.71 Å². The number of hydrogen-bond acceptors (Lipinski definition) is 6. The molecule has 0 bridgehead atoms. The third-order valence-corrected chi connectivity index (χ3v) is 7.39. The van der Waals surface area contributed by atoms with Gasteiger partial charge in [-0.25, -0.2) is 18.1 Å². The van der Waals surface area contributed by atoms with Crippen molar-refractivity contribution in [1.29, 1.82) is 0 Å². The maximum absolute atomic E-state index is 12.6. The summed E-state index contributed by atoms with van der Waals surface area (Å²) in [7, 11) is -3.59. The Morgan fingerprint density at radius 2 is 2.05 bits per heavy atom. The third kappa shape index (κ3) is 3.35. The van der Waals surface area contributed by atoms with Crippen LogP contribution in [-0.4, -0.2) is 13.4 Å². The summed E-state index contributed by atoms with van der Waals surface area (Å²) in [4.78, 5) is 6.29. The Morgan fingerprint density at radius 1 is 1.38 bits per heavy atom. The highest BCUT2D eigenvalue weighted by molar-refractivity contribution is 7.89. The second-order valence-electron chi connectivity index (χ2n) is 4.90. The molecule has 1 atom stereocenters. The maximum Gasteiger partial charge on any atom is 0.242 e. The normalized spacial score (nSPS) is 13.6. The molecule has 0 saturated heterocycles. The summed E-state index contributed by atoms with van der Waals surface area (Å²) in [5, 5.41) is 2.76. The first-order valence-electron chi connectivity index (χ1n) is 6.49. The van der Waals surface area contributed by atoms with Gasteiger partial charge in [0.1, 0.15) is 4.90 Å². The van der Waals surface area contributed by atoms with Crippen molar-refractivity contribution >= 4 is 32.7 Å². The maximum atomic E-state index is 12.6. The van der Waals surface area contributed by atoms with Gasteiger partial charge in [0.25, 0.3) is 0 Å². The van der Waals surface area contributed by atoms with E-state index in [9.17, 15) is 8.42 Å². The van der Waals surface area contributed by atoms with Crippen LogP contribution in [0, 0.1) is 20.8 Å². The quantitative estimate of drug-likeness (QED) is 0.872. The van der Waals surface area contributed by atoms with Gasteiger partial charge in [-0.3, -0.25) is 0 Å². The van der Waals surface area contributed by atoms with Crippen LogP contribution in [0.5, 0.6) is 0 Å². The summed E-state index contributed by atoms with van der Waals surface area (Å²) in [5.74, 6) is 0. The Labute approximate surface area is 133 Å². The number of nitrogens with one attached hydrogen (secondary N) is 1. The molecule has 0 aliphatic heterocycles. The van der Waals surface area contributed by atoms with Gasteiger partial charge in [-0.1, -0.05) is 0 Å². The van der Waals surface area contributed by atoms with Gasteiger partial charge in [0.2, 0.25) is 10.0 Å². The van der Waals surface area contributed by atoms with Gasteiger partial charge in [0, 0.05) is 16.3 Å². The van der Waals surface area contributed by atoms with Crippen molar-refractivity contribution in [3.8, 4) is 0 Å². The number of hydrogen-bond donors (Lipinski definition) is 2.